The van der Waals surface area contributed by atoms with Crippen LogP contribution >= 0.6 is 11.8 Å². The molecule has 0 aliphatic rings. The predicted molar refractivity (Wildman–Crippen MR) is 61.6 cm³/mol. The number of benzene rings is 1. The molecule has 0 bridgehead atoms. The van der Waals surface area contributed by atoms with Crippen LogP contribution in [0.15, 0.2) is 23.1 Å². The lowest BCUT2D eigenvalue weighted by Gasteiger charge is -2.12. The Morgan fingerprint density at radius 2 is 2.00 bits per heavy atom. The molecular weight excluding hydrogens is 253 g/mol. The van der Waals surface area contributed by atoms with E-state index in [0.717, 1.165) is 12.1 Å². The van der Waals surface area contributed by atoms with Crippen LogP contribution in [0.3, 0.4) is 0 Å². The van der Waals surface area contributed by atoms with Crippen molar-refractivity contribution >= 4 is 17.4 Å². The summed E-state index contributed by atoms with van der Waals surface area (Å²) in [5, 5.41) is 9.23. The molecule has 7 heteroatoms. The number of hydrogen-bond donors (Lipinski definition) is 3. The summed E-state index contributed by atoms with van der Waals surface area (Å²) in [6, 6.07) is 3.15. The SMILES string of the molecule is NCC(O)CSc1ccc(C(F)(F)F)cc1N. The predicted octanol–water partition coefficient (Wildman–Crippen LogP) is 1.70. The Balaban J connectivity index is 2.77. The van der Waals surface area contributed by atoms with Gasteiger partial charge in [-0.1, -0.05) is 0 Å². The minimum atomic E-state index is -4.39. The highest BCUT2D eigenvalue weighted by atomic mass is 32.2. The summed E-state index contributed by atoms with van der Waals surface area (Å²) in [4.78, 5) is 0.505. The van der Waals surface area contributed by atoms with Crippen LogP contribution in [0.1, 0.15) is 5.56 Å². The molecule has 3 nitrogen and oxygen atoms in total. The molecule has 1 unspecified atom stereocenters. The molecule has 0 fully saturated rings. The largest absolute Gasteiger partial charge is 0.416 e. The van der Waals surface area contributed by atoms with E-state index in [2.05, 4.69) is 0 Å². The molecule has 1 aromatic carbocycles. The molecule has 0 spiro atoms. The number of rotatable bonds is 4. The Hall–Kier alpha value is -0.920. The first-order valence-corrected chi connectivity index (χ1v) is 5.80. The second-order valence-corrected chi connectivity index (χ2v) is 4.51. The van der Waals surface area contributed by atoms with E-state index in [1.54, 1.807) is 0 Å². The fraction of sp³-hybridized carbons (Fsp3) is 0.400. The summed E-state index contributed by atoms with van der Waals surface area (Å²) < 4.78 is 37.0. The molecule has 0 aromatic heterocycles. The molecule has 0 heterocycles. The smallest absolute Gasteiger partial charge is 0.398 e. The first-order valence-electron chi connectivity index (χ1n) is 4.82. The maximum atomic E-state index is 12.3. The molecule has 0 aliphatic heterocycles. The van der Waals surface area contributed by atoms with Crippen LogP contribution < -0.4 is 11.5 Å². The van der Waals surface area contributed by atoms with E-state index in [-0.39, 0.29) is 12.2 Å². The molecule has 0 amide bonds. The van der Waals surface area contributed by atoms with Crippen molar-refractivity contribution in [3.63, 3.8) is 0 Å². The third-order valence-electron chi connectivity index (χ3n) is 2.04. The van der Waals surface area contributed by atoms with E-state index in [1.165, 1.54) is 17.8 Å². The Morgan fingerprint density at radius 1 is 1.35 bits per heavy atom. The zero-order chi connectivity index (χ0) is 13.1. The van der Waals surface area contributed by atoms with Gasteiger partial charge in [-0.3, -0.25) is 0 Å². The molecule has 96 valence electrons. The number of halogens is 3. The number of anilines is 1. The number of aliphatic hydroxyl groups is 1. The summed E-state index contributed by atoms with van der Waals surface area (Å²) in [5.74, 6) is 0.298. The van der Waals surface area contributed by atoms with Gasteiger partial charge in [-0.05, 0) is 18.2 Å². The Bertz CT molecular complexity index is 384. The van der Waals surface area contributed by atoms with E-state index in [9.17, 15) is 18.3 Å². The van der Waals surface area contributed by atoms with Crippen molar-refractivity contribution in [3.05, 3.63) is 23.8 Å². The molecule has 1 aromatic rings. The van der Waals surface area contributed by atoms with E-state index >= 15 is 0 Å². The van der Waals surface area contributed by atoms with Crippen molar-refractivity contribution in [1.82, 2.24) is 0 Å². The Labute approximate surface area is 101 Å². The lowest BCUT2D eigenvalue weighted by molar-refractivity contribution is -0.137. The molecular formula is C10H13F3N2OS. The highest BCUT2D eigenvalue weighted by molar-refractivity contribution is 7.99. The highest BCUT2D eigenvalue weighted by Gasteiger charge is 2.30. The fourth-order valence-electron chi connectivity index (χ4n) is 1.11. The molecule has 1 atom stereocenters. The van der Waals surface area contributed by atoms with Crippen molar-refractivity contribution in [2.24, 2.45) is 5.73 Å². The van der Waals surface area contributed by atoms with E-state index in [4.69, 9.17) is 11.5 Å². The second kappa shape index (κ2) is 5.61. The summed E-state index contributed by atoms with van der Waals surface area (Å²) >= 11 is 1.18. The van der Waals surface area contributed by atoms with Gasteiger partial charge in [0.25, 0.3) is 0 Å². The van der Waals surface area contributed by atoms with Crippen molar-refractivity contribution < 1.29 is 18.3 Å². The van der Waals surface area contributed by atoms with Crippen LogP contribution in [-0.4, -0.2) is 23.5 Å². The minimum absolute atomic E-state index is 0.0500. The standard InChI is InChI=1S/C10H13F3N2OS/c11-10(12,13)6-1-2-9(8(15)3-6)17-5-7(16)4-14/h1-3,7,16H,4-5,14-15H2. The molecule has 1 rings (SSSR count). The van der Waals surface area contributed by atoms with E-state index < -0.39 is 17.8 Å². The second-order valence-electron chi connectivity index (χ2n) is 3.45. The molecule has 0 saturated carbocycles. The monoisotopic (exact) mass is 266 g/mol. The van der Waals surface area contributed by atoms with Crippen molar-refractivity contribution in [2.75, 3.05) is 18.0 Å². The third-order valence-corrected chi connectivity index (χ3v) is 3.27. The van der Waals surface area contributed by atoms with Crippen LogP contribution in [0.4, 0.5) is 18.9 Å². The van der Waals surface area contributed by atoms with Gasteiger partial charge in [0.1, 0.15) is 0 Å². The fourth-order valence-corrected chi connectivity index (χ4v) is 2.01. The van der Waals surface area contributed by atoms with Crippen LogP contribution in [-0.2, 0) is 6.18 Å². The zero-order valence-electron chi connectivity index (χ0n) is 8.87. The molecule has 0 saturated heterocycles. The van der Waals surface area contributed by atoms with Gasteiger partial charge in [-0.2, -0.15) is 13.2 Å². The third kappa shape index (κ3) is 4.10. The first-order chi connectivity index (χ1) is 7.84. The van der Waals surface area contributed by atoms with Gasteiger partial charge in [-0.15, -0.1) is 11.8 Å². The number of thioether (sulfide) groups is 1. The lowest BCUT2D eigenvalue weighted by atomic mass is 10.2. The summed E-state index contributed by atoms with van der Waals surface area (Å²) in [5.41, 5.74) is 10.00. The van der Waals surface area contributed by atoms with Crippen LogP contribution in [0.2, 0.25) is 0 Å². The number of nitrogens with two attached hydrogens (primary N) is 2. The van der Waals surface area contributed by atoms with Crippen molar-refractivity contribution in [2.45, 2.75) is 17.2 Å². The summed E-state index contributed by atoms with van der Waals surface area (Å²) in [6.45, 7) is 0.105. The topological polar surface area (TPSA) is 72.3 Å². The first kappa shape index (κ1) is 14.1. The van der Waals surface area contributed by atoms with Gasteiger partial charge in [0.05, 0.1) is 11.7 Å². The van der Waals surface area contributed by atoms with Crippen LogP contribution in [0.25, 0.3) is 0 Å². The Morgan fingerprint density at radius 3 is 2.47 bits per heavy atom. The van der Waals surface area contributed by atoms with Crippen molar-refractivity contribution in [3.8, 4) is 0 Å². The van der Waals surface area contributed by atoms with Crippen LogP contribution in [0, 0.1) is 0 Å². The normalized spacial score (nSPS) is 13.7. The molecule has 0 aliphatic carbocycles. The maximum Gasteiger partial charge on any atom is 0.416 e. The van der Waals surface area contributed by atoms with Gasteiger partial charge in [0.15, 0.2) is 0 Å². The average Bonchev–Trinajstić information content (AvgIpc) is 2.25. The number of hydrogen-bond acceptors (Lipinski definition) is 4. The quantitative estimate of drug-likeness (QED) is 0.573. The summed E-state index contributed by atoms with van der Waals surface area (Å²) in [6.07, 6.45) is -5.09. The minimum Gasteiger partial charge on any atom is -0.398 e. The number of alkyl halides is 3. The lowest BCUT2D eigenvalue weighted by Crippen LogP contribution is -2.21. The van der Waals surface area contributed by atoms with E-state index in [0.29, 0.717) is 10.6 Å². The van der Waals surface area contributed by atoms with Crippen molar-refractivity contribution in [1.29, 1.82) is 0 Å². The van der Waals surface area contributed by atoms with Gasteiger partial charge in [0, 0.05) is 22.9 Å². The molecule has 0 radical (unpaired) electrons. The number of aliphatic hydroxyl groups excluding tert-OH is 1. The van der Waals surface area contributed by atoms with Crippen LogP contribution in [0.5, 0.6) is 0 Å². The van der Waals surface area contributed by atoms with E-state index in [1.807, 2.05) is 0 Å². The summed E-state index contributed by atoms with van der Waals surface area (Å²) in [7, 11) is 0. The zero-order valence-corrected chi connectivity index (χ0v) is 9.68. The van der Waals surface area contributed by atoms with Gasteiger partial charge in [-0.25, -0.2) is 0 Å². The van der Waals surface area contributed by atoms with Gasteiger partial charge in [0.2, 0.25) is 0 Å². The van der Waals surface area contributed by atoms with Gasteiger partial charge < -0.3 is 16.6 Å². The number of nitrogen functional groups attached to an aromatic ring is 1. The Kier molecular flexibility index (Phi) is 4.67. The maximum absolute atomic E-state index is 12.3. The van der Waals surface area contributed by atoms with Gasteiger partial charge >= 0.3 is 6.18 Å². The molecule has 17 heavy (non-hydrogen) atoms. The average molecular weight is 266 g/mol. The molecule has 5 N–H and O–H groups in total. The highest BCUT2D eigenvalue weighted by Crippen LogP contribution is 2.34.